The Balaban J connectivity index is 1.92. The average molecular weight is 266 g/mol. The van der Waals surface area contributed by atoms with Crippen LogP contribution in [0.15, 0.2) is 18.2 Å². The first kappa shape index (κ1) is 13.3. The molecule has 1 aromatic rings. The van der Waals surface area contributed by atoms with Crippen LogP contribution in [-0.2, 0) is 11.2 Å². The number of carboxylic acids is 1. The molecule has 1 aromatic carbocycles. The molecule has 0 unspecified atom stereocenters. The van der Waals surface area contributed by atoms with Gasteiger partial charge in [0.15, 0.2) is 0 Å². The van der Waals surface area contributed by atoms with E-state index in [1.54, 1.807) is 6.07 Å². The minimum atomic E-state index is -0.886. The maximum atomic E-state index is 13.2. The standard InChI is InChI=1S/C13H15FN2O3/c14-10-4-3-9-5-7-16(11(9)8-10)13(19)15-6-1-2-12(17)18/h3-4,8H,1-2,5-7H2,(H,15,19)(H,17,18). The van der Waals surface area contributed by atoms with Crippen LogP contribution in [0.5, 0.6) is 0 Å². The van der Waals surface area contributed by atoms with Gasteiger partial charge < -0.3 is 10.4 Å². The van der Waals surface area contributed by atoms with Gasteiger partial charge in [0.2, 0.25) is 0 Å². The van der Waals surface area contributed by atoms with Gasteiger partial charge in [-0.15, -0.1) is 0 Å². The Kier molecular flexibility index (Phi) is 3.99. The van der Waals surface area contributed by atoms with Crippen molar-refractivity contribution in [3.63, 3.8) is 0 Å². The van der Waals surface area contributed by atoms with E-state index in [0.29, 0.717) is 31.6 Å². The normalized spacial score (nSPS) is 13.2. The number of halogens is 1. The predicted molar refractivity (Wildman–Crippen MR) is 67.7 cm³/mol. The molecule has 19 heavy (non-hydrogen) atoms. The molecular formula is C13H15FN2O3. The molecule has 2 rings (SSSR count). The number of aliphatic carboxylic acids is 1. The van der Waals surface area contributed by atoms with E-state index in [9.17, 15) is 14.0 Å². The van der Waals surface area contributed by atoms with E-state index in [0.717, 1.165) is 5.56 Å². The first-order chi connectivity index (χ1) is 9.08. The van der Waals surface area contributed by atoms with Gasteiger partial charge in [-0.1, -0.05) is 6.07 Å². The summed E-state index contributed by atoms with van der Waals surface area (Å²) >= 11 is 0. The Bertz CT molecular complexity index is 505. The second-order valence-corrected chi connectivity index (χ2v) is 4.40. The highest BCUT2D eigenvalue weighted by molar-refractivity contribution is 5.94. The van der Waals surface area contributed by atoms with Crippen LogP contribution in [0.4, 0.5) is 14.9 Å². The summed E-state index contributed by atoms with van der Waals surface area (Å²) in [6.07, 6.45) is 1.11. The van der Waals surface area contributed by atoms with Crippen molar-refractivity contribution in [2.24, 2.45) is 0 Å². The summed E-state index contributed by atoms with van der Waals surface area (Å²) in [4.78, 5) is 23.7. The first-order valence-corrected chi connectivity index (χ1v) is 6.13. The Hall–Kier alpha value is -2.11. The highest BCUT2D eigenvalue weighted by Gasteiger charge is 2.24. The zero-order valence-corrected chi connectivity index (χ0v) is 10.4. The molecule has 0 atom stereocenters. The molecule has 1 aliphatic heterocycles. The Morgan fingerprint density at radius 1 is 1.42 bits per heavy atom. The SMILES string of the molecule is O=C(O)CCCNC(=O)N1CCc2ccc(F)cc21. The third-order valence-corrected chi connectivity index (χ3v) is 3.03. The number of rotatable bonds is 4. The van der Waals surface area contributed by atoms with Gasteiger partial charge in [0.1, 0.15) is 5.82 Å². The summed E-state index contributed by atoms with van der Waals surface area (Å²) in [5, 5.41) is 11.1. The Morgan fingerprint density at radius 3 is 2.95 bits per heavy atom. The van der Waals surface area contributed by atoms with E-state index < -0.39 is 5.97 Å². The van der Waals surface area contributed by atoms with Crippen molar-refractivity contribution in [2.75, 3.05) is 18.0 Å². The molecule has 102 valence electrons. The molecule has 0 radical (unpaired) electrons. The number of benzene rings is 1. The second kappa shape index (κ2) is 5.69. The number of carbonyl (C=O) groups is 2. The van der Waals surface area contributed by atoms with E-state index in [1.807, 2.05) is 0 Å². The largest absolute Gasteiger partial charge is 0.481 e. The monoisotopic (exact) mass is 266 g/mol. The fourth-order valence-electron chi connectivity index (χ4n) is 2.09. The molecule has 5 nitrogen and oxygen atoms in total. The number of nitrogens with one attached hydrogen (secondary N) is 1. The molecule has 0 aliphatic carbocycles. The minimum Gasteiger partial charge on any atom is -0.481 e. The van der Waals surface area contributed by atoms with Crippen LogP contribution in [0.1, 0.15) is 18.4 Å². The molecule has 1 aliphatic rings. The summed E-state index contributed by atoms with van der Waals surface area (Å²) in [6, 6.07) is 4.10. The number of amides is 2. The van der Waals surface area contributed by atoms with E-state index in [2.05, 4.69) is 5.32 Å². The third kappa shape index (κ3) is 3.21. The number of fused-ring (bicyclic) bond motifs is 1. The maximum Gasteiger partial charge on any atom is 0.321 e. The van der Waals surface area contributed by atoms with Crippen molar-refractivity contribution in [3.05, 3.63) is 29.6 Å². The van der Waals surface area contributed by atoms with E-state index >= 15 is 0 Å². The lowest BCUT2D eigenvalue weighted by molar-refractivity contribution is -0.137. The minimum absolute atomic E-state index is 0.0193. The van der Waals surface area contributed by atoms with E-state index in [1.165, 1.54) is 17.0 Å². The molecular weight excluding hydrogens is 251 g/mol. The molecule has 0 saturated carbocycles. The lowest BCUT2D eigenvalue weighted by atomic mass is 10.2. The number of nitrogens with zero attached hydrogens (tertiary/aromatic N) is 1. The summed E-state index contributed by atoms with van der Waals surface area (Å²) in [5.41, 5.74) is 1.54. The van der Waals surface area contributed by atoms with Gasteiger partial charge >= 0.3 is 12.0 Å². The van der Waals surface area contributed by atoms with Crippen molar-refractivity contribution in [1.82, 2.24) is 5.32 Å². The van der Waals surface area contributed by atoms with Gasteiger partial charge in [-0.3, -0.25) is 9.69 Å². The third-order valence-electron chi connectivity index (χ3n) is 3.03. The van der Waals surface area contributed by atoms with E-state index in [-0.39, 0.29) is 18.3 Å². The van der Waals surface area contributed by atoms with Crippen molar-refractivity contribution in [1.29, 1.82) is 0 Å². The van der Waals surface area contributed by atoms with Crippen molar-refractivity contribution < 1.29 is 19.1 Å². The van der Waals surface area contributed by atoms with Gasteiger partial charge in [-0.25, -0.2) is 9.18 Å². The maximum absolute atomic E-state index is 13.2. The first-order valence-electron chi connectivity index (χ1n) is 6.13. The zero-order valence-electron chi connectivity index (χ0n) is 10.4. The van der Waals surface area contributed by atoms with Gasteiger partial charge in [0.05, 0.1) is 5.69 Å². The molecule has 1 heterocycles. The van der Waals surface area contributed by atoms with E-state index in [4.69, 9.17) is 5.11 Å². The van der Waals surface area contributed by atoms with Gasteiger partial charge in [0, 0.05) is 19.5 Å². The molecule has 0 saturated heterocycles. The van der Waals surface area contributed by atoms with Crippen LogP contribution in [-0.4, -0.2) is 30.2 Å². The number of carbonyl (C=O) groups excluding carboxylic acids is 1. The molecule has 2 amide bonds. The highest BCUT2D eigenvalue weighted by Crippen LogP contribution is 2.28. The smallest absolute Gasteiger partial charge is 0.321 e. The topological polar surface area (TPSA) is 69.6 Å². The van der Waals surface area contributed by atoms with Crippen LogP contribution in [0.3, 0.4) is 0 Å². The average Bonchev–Trinajstić information content (AvgIpc) is 2.77. The fraction of sp³-hybridized carbons (Fsp3) is 0.385. The Labute approximate surface area is 110 Å². The zero-order chi connectivity index (χ0) is 13.8. The number of hydrogen-bond donors (Lipinski definition) is 2. The number of carboxylic acid groups (broad SMARTS) is 1. The lowest BCUT2D eigenvalue weighted by Crippen LogP contribution is -2.39. The van der Waals surface area contributed by atoms with Gasteiger partial charge in [0.25, 0.3) is 0 Å². The lowest BCUT2D eigenvalue weighted by Gasteiger charge is -2.18. The van der Waals surface area contributed by atoms with Crippen molar-refractivity contribution in [2.45, 2.75) is 19.3 Å². The van der Waals surface area contributed by atoms with Gasteiger partial charge in [-0.05, 0) is 30.5 Å². The van der Waals surface area contributed by atoms with Crippen LogP contribution >= 0.6 is 0 Å². The quantitative estimate of drug-likeness (QED) is 0.816. The molecule has 0 aromatic heterocycles. The summed E-state index contributed by atoms with van der Waals surface area (Å²) < 4.78 is 13.2. The second-order valence-electron chi connectivity index (χ2n) is 4.40. The van der Waals surface area contributed by atoms with Gasteiger partial charge in [-0.2, -0.15) is 0 Å². The van der Waals surface area contributed by atoms with Crippen molar-refractivity contribution in [3.8, 4) is 0 Å². The summed E-state index contributed by atoms with van der Waals surface area (Å²) in [7, 11) is 0. The van der Waals surface area contributed by atoms with Crippen LogP contribution in [0.2, 0.25) is 0 Å². The van der Waals surface area contributed by atoms with Crippen LogP contribution < -0.4 is 10.2 Å². The van der Waals surface area contributed by atoms with Crippen molar-refractivity contribution >= 4 is 17.7 Å². The van der Waals surface area contributed by atoms with Crippen LogP contribution in [0, 0.1) is 5.82 Å². The molecule has 2 N–H and O–H groups in total. The molecule has 0 spiro atoms. The predicted octanol–water partition coefficient (Wildman–Crippen LogP) is 1.76. The molecule has 0 fully saturated rings. The summed E-state index contributed by atoms with van der Waals surface area (Å²) in [5.74, 6) is -1.26. The summed E-state index contributed by atoms with van der Waals surface area (Å²) in [6.45, 7) is 0.815. The Morgan fingerprint density at radius 2 is 2.21 bits per heavy atom. The number of hydrogen-bond acceptors (Lipinski definition) is 2. The molecule has 0 bridgehead atoms. The fourth-order valence-corrected chi connectivity index (χ4v) is 2.09. The number of anilines is 1. The highest BCUT2D eigenvalue weighted by atomic mass is 19.1. The van der Waals surface area contributed by atoms with Crippen LogP contribution in [0.25, 0.3) is 0 Å². The molecule has 6 heteroatoms. The number of urea groups is 1.